The minimum Gasteiger partial charge on any atom is -0.369 e. The Morgan fingerprint density at radius 2 is 1.11 bits per heavy atom. The van der Waals surface area contributed by atoms with Crippen molar-refractivity contribution in [2.75, 3.05) is 32.7 Å². The lowest BCUT2D eigenvalue weighted by Crippen LogP contribution is -2.58. The molecule has 0 radical (unpaired) electrons. The fourth-order valence-electron chi connectivity index (χ4n) is 5.25. The third-order valence-corrected chi connectivity index (χ3v) is 7.19. The van der Waals surface area contributed by atoms with Gasteiger partial charge in [-0.1, -0.05) is 91.0 Å². The molecule has 2 aliphatic heterocycles. The molecule has 0 amide bonds. The Labute approximate surface area is 215 Å². The molecule has 36 heavy (non-hydrogen) atoms. The zero-order chi connectivity index (χ0) is 24.4. The molecule has 0 aliphatic carbocycles. The molecule has 5 heteroatoms. The molecule has 2 heterocycles. The number of piperidine rings is 1. The maximum atomic E-state index is 6.60. The number of hydrogen-bond acceptors (Lipinski definition) is 5. The van der Waals surface area contributed by atoms with E-state index in [1.165, 1.54) is 23.1 Å². The fraction of sp³-hybridized carbons (Fsp3) is 0.419. The third kappa shape index (κ3) is 7.25. The summed E-state index contributed by atoms with van der Waals surface area (Å²) in [6.45, 7) is 6.67. The van der Waals surface area contributed by atoms with Gasteiger partial charge in [-0.2, -0.15) is 0 Å². The number of nitrogens with zero attached hydrogens (tertiary/aromatic N) is 1. The molecule has 190 valence electrons. The van der Waals surface area contributed by atoms with Gasteiger partial charge < -0.3 is 19.5 Å². The molecule has 3 aromatic rings. The van der Waals surface area contributed by atoms with Crippen molar-refractivity contribution in [1.82, 2.24) is 10.2 Å². The van der Waals surface area contributed by atoms with Gasteiger partial charge in [0.25, 0.3) is 0 Å². The molecule has 3 aromatic carbocycles. The molecule has 2 fully saturated rings. The largest absolute Gasteiger partial charge is 0.369 e. The molecule has 4 atom stereocenters. The highest BCUT2D eigenvalue weighted by molar-refractivity contribution is 5.15. The van der Waals surface area contributed by atoms with Gasteiger partial charge in [-0.05, 0) is 42.1 Å². The molecule has 1 N–H and O–H groups in total. The summed E-state index contributed by atoms with van der Waals surface area (Å²) in [6.07, 6.45) is 0.946. The summed E-state index contributed by atoms with van der Waals surface area (Å²) in [5.41, 5.74) is 3.52. The predicted molar refractivity (Wildman–Crippen MR) is 142 cm³/mol. The number of likely N-dealkylation sites (tertiary alicyclic amines) is 1. The van der Waals surface area contributed by atoms with Crippen molar-refractivity contribution in [1.29, 1.82) is 0 Å². The van der Waals surface area contributed by atoms with Crippen molar-refractivity contribution in [2.45, 2.75) is 44.6 Å². The van der Waals surface area contributed by atoms with Gasteiger partial charge >= 0.3 is 0 Å². The van der Waals surface area contributed by atoms with Gasteiger partial charge in [0.05, 0.1) is 32.0 Å². The average molecular weight is 487 g/mol. The molecule has 0 bridgehead atoms. The fourth-order valence-corrected chi connectivity index (χ4v) is 5.25. The third-order valence-electron chi connectivity index (χ3n) is 7.19. The van der Waals surface area contributed by atoms with Crippen LogP contribution in [0.25, 0.3) is 0 Å². The molecule has 0 saturated carbocycles. The first kappa shape index (κ1) is 25.1. The smallest absolute Gasteiger partial charge is 0.113 e. The molecular formula is C31H38N2O3. The lowest BCUT2D eigenvalue weighted by Gasteiger charge is -2.43. The lowest BCUT2D eigenvalue weighted by atomic mass is 9.98. The van der Waals surface area contributed by atoms with Gasteiger partial charge in [0.2, 0.25) is 0 Å². The Morgan fingerprint density at radius 1 is 0.639 bits per heavy atom. The average Bonchev–Trinajstić information content (AvgIpc) is 3.45. The number of benzene rings is 3. The van der Waals surface area contributed by atoms with E-state index < -0.39 is 0 Å². The second kappa shape index (κ2) is 13.1. The number of ether oxygens (including phenoxy) is 3. The van der Waals surface area contributed by atoms with Crippen molar-refractivity contribution in [3.8, 4) is 0 Å². The Hall–Kier alpha value is -2.54. The molecule has 2 saturated heterocycles. The first-order valence-electron chi connectivity index (χ1n) is 13.2. The summed E-state index contributed by atoms with van der Waals surface area (Å²) < 4.78 is 19.8. The van der Waals surface area contributed by atoms with Gasteiger partial charge in [0, 0.05) is 19.6 Å². The monoisotopic (exact) mass is 486 g/mol. The second-order valence-corrected chi connectivity index (χ2v) is 10.0. The summed E-state index contributed by atoms with van der Waals surface area (Å²) in [4.78, 5) is 2.53. The van der Waals surface area contributed by atoms with Crippen LogP contribution in [0.4, 0.5) is 0 Å². The SMILES string of the molecule is c1ccc(COC2[C@@H](OCc3ccccc3)CN(C[C@@H]3CCNC3)C[C@H]2OCc2ccccc2)cc1. The van der Waals surface area contributed by atoms with E-state index in [1.807, 2.05) is 18.2 Å². The highest BCUT2D eigenvalue weighted by Crippen LogP contribution is 2.25. The van der Waals surface area contributed by atoms with E-state index in [9.17, 15) is 0 Å². The van der Waals surface area contributed by atoms with Gasteiger partial charge in [-0.3, -0.25) is 4.90 Å². The summed E-state index contributed by atoms with van der Waals surface area (Å²) in [5.74, 6) is 0.677. The molecule has 1 unspecified atom stereocenters. The van der Waals surface area contributed by atoms with Gasteiger partial charge in [-0.25, -0.2) is 0 Å². The van der Waals surface area contributed by atoms with Crippen molar-refractivity contribution < 1.29 is 14.2 Å². The van der Waals surface area contributed by atoms with Crippen molar-refractivity contribution in [3.63, 3.8) is 0 Å². The van der Waals surface area contributed by atoms with Crippen LogP contribution in [-0.4, -0.2) is 55.9 Å². The Balaban J connectivity index is 1.33. The van der Waals surface area contributed by atoms with Crippen molar-refractivity contribution in [2.24, 2.45) is 5.92 Å². The second-order valence-electron chi connectivity index (χ2n) is 10.0. The van der Waals surface area contributed by atoms with E-state index in [1.54, 1.807) is 0 Å². The van der Waals surface area contributed by atoms with Crippen LogP contribution in [-0.2, 0) is 34.0 Å². The van der Waals surface area contributed by atoms with Crippen molar-refractivity contribution in [3.05, 3.63) is 108 Å². The standard InChI is InChI=1S/C31H38N2O3/c1-4-10-25(11-5-1)22-34-29-20-33(19-28-16-17-32-18-28)21-30(35-23-26-12-6-2-7-13-26)31(29)36-24-27-14-8-3-9-15-27/h1-15,28-32H,16-24H2/t28-,29-,30+,31?/m1/s1. The Bertz CT molecular complexity index is 958. The van der Waals surface area contributed by atoms with Crippen LogP contribution in [0, 0.1) is 5.92 Å². The van der Waals surface area contributed by atoms with E-state index in [0.717, 1.165) is 32.7 Å². The predicted octanol–water partition coefficient (Wildman–Crippen LogP) is 4.67. The molecule has 5 rings (SSSR count). The quantitative estimate of drug-likeness (QED) is 0.427. The van der Waals surface area contributed by atoms with Crippen LogP contribution < -0.4 is 5.32 Å². The zero-order valence-corrected chi connectivity index (χ0v) is 21.0. The van der Waals surface area contributed by atoms with E-state index in [4.69, 9.17) is 14.2 Å². The van der Waals surface area contributed by atoms with Crippen LogP contribution in [0.3, 0.4) is 0 Å². The van der Waals surface area contributed by atoms with Crippen LogP contribution in [0.15, 0.2) is 91.0 Å². The highest BCUT2D eigenvalue weighted by atomic mass is 16.6. The number of nitrogens with one attached hydrogen (secondary N) is 1. The first-order chi connectivity index (χ1) is 17.8. The van der Waals surface area contributed by atoms with E-state index in [2.05, 4.69) is 83.0 Å². The van der Waals surface area contributed by atoms with Crippen LogP contribution in [0.2, 0.25) is 0 Å². The number of hydrogen-bond donors (Lipinski definition) is 1. The Kier molecular flexibility index (Phi) is 9.17. The van der Waals surface area contributed by atoms with Gasteiger partial charge in [-0.15, -0.1) is 0 Å². The number of rotatable bonds is 11. The van der Waals surface area contributed by atoms with Gasteiger partial charge in [0.1, 0.15) is 6.10 Å². The maximum Gasteiger partial charge on any atom is 0.113 e. The molecule has 5 nitrogen and oxygen atoms in total. The summed E-state index contributed by atoms with van der Waals surface area (Å²) in [5, 5.41) is 3.51. The first-order valence-corrected chi connectivity index (χ1v) is 13.2. The molecule has 2 aliphatic rings. The zero-order valence-electron chi connectivity index (χ0n) is 21.0. The summed E-state index contributed by atoms with van der Waals surface area (Å²) in [6, 6.07) is 31.2. The Morgan fingerprint density at radius 3 is 1.56 bits per heavy atom. The molecular weight excluding hydrogens is 448 g/mol. The van der Waals surface area contributed by atoms with Crippen LogP contribution in [0.1, 0.15) is 23.1 Å². The normalized spacial score (nSPS) is 24.7. The minimum atomic E-state index is -0.143. The van der Waals surface area contributed by atoms with Crippen LogP contribution >= 0.6 is 0 Å². The molecule has 0 spiro atoms. The highest BCUT2D eigenvalue weighted by Gasteiger charge is 2.40. The van der Waals surface area contributed by atoms with E-state index >= 15 is 0 Å². The van der Waals surface area contributed by atoms with Crippen molar-refractivity contribution >= 4 is 0 Å². The molecule has 0 aromatic heterocycles. The topological polar surface area (TPSA) is 43.0 Å². The summed E-state index contributed by atoms with van der Waals surface area (Å²) >= 11 is 0. The minimum absolute atomic E-state index is 0.0715. The maximum absolute atomic E-state index is 6.60. The van der Waals surface area contributed by atoms with E-state index in [0.29, 0.717) is 25.7 Å². The lowest BCUT2D eigenvalue weighted by molar-refractivity contribution is -0.185. The van der Waals surface area contributed by atoms with E-state index in [-0.39, 0.29) is 18.3 Å². The van der Waals surface area contributed by atoms with Crippen LogP contribution in [0.5, 0.6) is 0 Å². The summed E-state index contributed by atoms with van der Waals surface area (Å²) in [7, 11) is 0. The van der Waals surface area contributed by atoms with Gasteiger partial charge in [0.15, 0.2) is 0 Å².